The predicted octanol–water partition coefficient (Wildman–Crippen LogP) is 2.15. The highest BCUT2D eigenvalue weighted by molar-refractivity contribution is 5.81. The van der Waals surface area contributed by atoms with Crippen LogP contribution in [0.1, 0.15) is 26.7 Å². The average Bonchev–Trinajstić information content (AvgIpc) is 2.04. The van der Waals surface area contributed by atoms with Crippen molar-refractivity contribution in [2.24, 2.45) is 5.92 Å². The summed E-state index contributed by atoms with van der Waals surface area (Å²) in [5.41, 5.74) is 0. The van der Waals surface area contributed by atoms with E-state index in [1.165, 1.54) is 13.2 Å². The van der Waals surface area contributed by atoms with Crippen LogP contribution < -0.4 is 0 Å². The number of ether oxygens (including phenoxy) is 1. The summed E-state index contributed by atoms with van der Waals surface area (Å²) in [6.45, 7) is 4.29. The van der Waals surface area contributed by atoms with E-state index >= 15 is 0 Å². The highest BCUT2D eigenvalue weighted by atomic mass is 16.5. The normalized spacial score (nSPS) is 13.4. The van der Waals surface area contributed by atoms with Crippen molar-refractivity contribution in [2.45, 2.75) is 26.7 Å². The van der Waals surface area contributed by atoms with E-state index in [-0.39, 0.29) is 5.97 Å². The fourth-order valence-corrected chi connectivity index (χ4v) is 0.631. The Morgan fingerprint density at radius 3 is 2.73 bits per heavy atom. The van der Waals surface area contributed by atoms with Gasteiger partial charge >= 0.3 is 5.97 Å². The molecule has 1 atom stereocenters. The predicted molar refractivity (Wildman–Crippen MR) is 45.2 cm³/mol. The number of methoxy groups -OCH3 is 1. The van der Waals surface area contributed by atoms with Crippen molar-refractivity contribution >= 4 is 5.97 Å². The van der Waals surface area contributed by atoms with Crippen molar-refractivity contribution in [3.05, 3.63) is 12.2 Å². The molecular formula is C9H16O2. The lowest BCUT2D eigenvalue weighted by atomic mass is 10.1. The van der Waals surface area contributed by atoms with Crippen LogP contribution in [0.25, 0.3) is 0 Å². The van der Waals surface area contributed by atoms with E-state index in [1.54, 1.807) is 0 Å². The van der Waals surface area contributed by atoms with Gasteiger partial charge in [0, 0.05) is 6.08 Å². The maximum absolute atomic E-state index is 10.6. The van der Waals surface area contributed by atoms with E-state index in [0.717, 1.165) is 12.8 Å². The Labute approximate surface area is 68.2 Å². The molecule has 2 nitrogen and oxygen atoms in total. The van der Waals surface area contributed by atoms with E-state index in [1.807, 2.05) is 6.08 Å². The summed E-state index contributed by atoms with van der Waals surface area (Å²) in [7, 11) is 1.38. The maximum atomic E-state index is 10.6. The zero-order chi connectivity index (χ0) is 8.69. The van der Waals surface area contributed by atoms with E-state index in [9.17, 15) is 4.79 Å². The molecule has 0 aromatic rings. The first kappa shape index (κ1) is 10.2. The van der Waals surface area contributed by atoms with Gasteiger partial charge in [-0.25, -0.2) is 4.79 Å². The minimum absolute atomic E-state index is 0.270. The summed E-state index contributed by atoms with van der Waals surface area (Å²) in [4.78, 5) is 10.6. The molecule has 0 radical (unpaired) electrons. The minimum Gasteiger partial charge on any atom is -0.466 e. The molecule has 0 bridgehead atoms. The molecule has 2 heteroatoms. The molecule has 0 heterocycles. The lowest BCUT2D eigenvalue weighted by molar-refractivity contribution is -0.134. The van der Waals surface area contributed by atoms with Gasteiger partial charge in [-0.15, -0.1) is 0 Å². The lowest BCUT2D eigenvalue weighted by Gasteiger charge is -2.01. The lowest BCUT2D eigenvalue weighted by Crippen LogP contribution is -1.95. The number of allylic oxidation sites excluding steroid dienone is 1. The first-order chi connectivity index (χ1) is 5.20. The van der Waals surface area contributed by atoms with Crippen molar-refractivity contribution in [3.63, 3.8) is 0 Å². The van der Waals surface area contributed by atoms with Gasteiger partial charge in [0.1, 0.15) is 0 Å². The molecule has 11 heavy (non-hydrogen) atoms. The Morgan fingerprint density at radius 2 is 2.27 bits per heavy atom. The Bertz CT molecular complexity index is 138. The minimum atomic E-state index is -0.270. The number of esters is 1. The molecule has 0 aliphatic rings. The summed E-state index contributed by atoms with van der Waals surface area (Å²) >= 11 is 0. The van der Waals surface area contributed by atoms with E-state index in [2.05, 4.69) is 18.6 Å². The summed E-state index contributed by atoms with van der Waals surface area (Å²) < 4.78 is 4.44. The summed E-state index contributed by atoms with van der Waals surface area (Å²) in [5.74, 6) is 0.379. The van der Waals surface area contributed by atoms with Crippen LogP contribution in [0.15, 0.2) is 12.2 Å². The van der Waals surface area contributed by atoms with Gasteiger partial charge in [-0.05, 0) is 12.3 Å². The third-order valence-corrected chi connectivity index (χ3v) is 1.69. The molecule has 0 aliphatic carbocycles. The number of hydrogen-bond acceptors (Lipinski definition) is 2. The van der Waals surface area contributed by atoms with Crippen LogP contribution in [0.4, 0.5) is 0 Å². The fraction of sp³-hybridized carbons (Fsp3) is 0.667. The van der Waals surface area contributed by atoms with Crippen LogP contribution >= 0.6 is 0 Å². The number of hydrogen-bond donors (Lipinski definition) is 0. The molecule has 0 saturated heterocycles. The van der Waals surface area contributed by atoms with Gasteiger partial charge in [0.25, 0.3) is 0 Å². The molecule has 64 valence electrons. The Balaban J connectivity index is 3.51. The number of carbonyl (C=O) groups excluding carboxylic acids is 1. The summed E-state index contributed by atoms with van der Waals surface area (Å²) in [6, 6.07) is 0. The highest BCUT2D eigenvalue weighted by Crippen LogP contribution is 2.06. The summed E-state index contributed by atoms with van der Waals surface area (Å²) in [6.07, 6.45) is 5.43. The second-order valence-electron chi connectivity index (χ2n) is 2.67. The smallest absolute Gasteiger partial charge is 0.330 e. The van der Waals surface area contributed by atoms with Gasteiger partial charge in [0.2, 0.25) is 0 Å². The SMILES string of the molecule is CCC(C)C/C=C/C(=O)OC. The molecule has 0 spiro atoms. The highest BCUT2D eigenvalue weighted by Gasteiger charge is 1.95. The Morgan fingerprint density at radius 1 is 1.64 bits per heavy atom. The molecule has 0 fully saturated rings. The monoisotopic (exact) mass is 156 g/mol. The molecule has 0 rings (SSSR count). The van der Waals surface area contributed by atoms with Gasteiger partial charge in [-0.3, -0.25) is 0 Å². The van der Waals surface area contributed by atoms with Crippen LogP contribution in [-0.2, 0) is 9.53 Å². The second kappa shape index (κ2) is 5.96. The van der Waals surface area contributed by atoms with Gasteiger partial charge in [0.05, 0.1) is 7.11 Å². The molecule has 0 saturated carbocycles. The van der Waals surface area contributed by atoms with E-state index < -0.39 is 0 Å². The molecule has 0 aromatic carbocycles. The van der Waals surface area contributed by atoms with Crippen LogP contribution in [0.5, 0.6) is 0 Å². The standard InChI is InChI=1S/C9H16O2/c1-4-8(2)6-5-7-9(10)11-3/h5,7-8H,4,6H2,1-3H3/b7-5+. The largest absolute Gasteiger partial charge is 0.466 e. The third kappa shape index (κ3) is 5.64. The van der Waals surface area contributed by atoms with Crippen LogP contribution in [0, 0.1) is 5.92 Å². The zero-order valence-corrected chi connectivity index (χ0v) is 7.46. The summed E-state index contributed by atoms with van der Waals surface area (Å²) in [5, 5.41) is 0. The Kier molecular flexibility index (Phi) is 5.53. The molecular weight excluding hydrogens is 140 g/mol. The molecule has 0 aromatic heterocycles. The molecule has 0 N–H and O–H groups in total. The van der Waals surface area contributed by atoms with Crippen molar-refractivity contribution in [1.29, 1.82) is 0 Å². The first-order valence-electron chi connectivity index (χ1n) is 3.95. The Hall–Kier alpha value is -0.790. The first-order valence-corrected chi connectivity index (χ1v) is 3.95. The van der Waals surface area contributed by atoms with Gasteiger partial charge < -0.3 is 4.74 Å². The van der Waals surface area contributed by atoms with E-state index in [4.69, 9.17) is 0 Å². The zero-order valence-electron chi connectivity index (χ0n) is 7.46. The third-order valence-electron chi connectivity index (χ3n) is 1.69. The van der Waals surface area contributed by atoms with Crippen molar-refractivity contribution in [3.8, 4) is 0 Å². The topological polar surface area (TPSA) is 26.3 Å². The maximum Gasteiger partial charge on any atom is 0.330 e. The van der Waals surface area contributed by atoms with Crippen LogP contribution in [0.3, 0.4) is 0 Å². The van der Waals surface area contributed by atoms with Crippen LogP contribution in [-0.4, -0.2) is 13.1 Å². The molecule has 1 unspecified atom stereocenters. The average molecular weight is 156 g/mol. The van der Waals surface area contributed by atoms with Crippen molar-refractivity contribution in [1.82, 2.24) is 0 Å². The number of rotatable bonds is 4. The quantitative estimate of drug-likeness (QED) is 0.460. The second-order valence-corrected chi connectivity index (χ2v) is 2.67. The van der Waals surface area contributed by atoms with Gasteiger partial charge in [0.15, 0.2) is 0 Å². The van der Waals surface area contributed by atoms with Gasteiger partial charge in [-0.2, -0.15) is 0 Å². The van der Waals surface area contributed by atoms with Gasteiger partial charge in [-0.1, -0.05) is 26.3 Å². The van der Waals surface area contributed by atoms with Crippen LogP contribution in [0.2, 0.25) is 0 Å². The number of carbonyl (C=O) groups is 1. The van der Waals surface area contributed by atoms with Crippen molar-refractivity contribution in [2.75, 3.05) is 7.11 Å². The fourth-order valence-electron chi connectivity index (χ4n) is 0.631. The van der Waals surface area contributed by atoms with E-state index in [0.29, 0.717) is 5.92 Å². The molecule has 0 amide bonds. The molecule has 0 aliphatic heterocycles. The van der Waals surface area contributed by atoms with Crippen molar-refractivity contribution < 1.29 is 9.53 Å².